The lowest BCUT2D eigenvalue weighted by Crippen LogP contribution is -2.29. The van der Waals surface area contributed by atoms with Crippen LogP contribution in [0.4, 0.5) is 9.18 Å². The van der Waals surface area contributed by atoms with E-state index < -0.39 is 11.8 Å². The lowest BCUT2D eigenvalue weighted by Gasteiger charge is -2.06. The fourth-order valence-electron chi connectivity index (χ4n) is 1.89. The Labute approximate surface area is 138 Å². The molecule has 0 spiro atoms. The highest BCUT2D eigenvalue weighted by Gasteiger charge is 2.12. The van der Waals surface area contributed by atoms with E-state index in [9.17, 15) is 14.0 Å². The Morgan fingerprint density at radius 1 is 1.57 bits per heavy atom. The summed E-state index contributed by atoms with van der Waals surface area (Å²) in [6.45, 7) is 1.39. The number of carbonyl (C=O) groups is 1. The van der Waals surface area contributed by atoms with Crippen molar-refractivity contribution in [1.82, 2.24) is 24.6 Å². The Morgan fingerprint density at radius 2 is 2.30 bits per heavy atom. The molecule has 8 nitrogen and oxygen atoms in total. The molecule has 0 atom stereocenters. The van der Waals surface area contributed by atoms with Crippen LogP contribution in [0.2, 0.25) is 0 Å². The minimum absolute atomic E-state index is 0.0697. The summed E-state index contributed by atoms with van der Waals surface area (Å²) < 4.78 is 15.8. The van der Waals surface area contributed by atoms with Gasteiger partial charge in [0.2, 0.25) is 0 Å². The van der Waals surface area contributed by atoms with Crippen LogP contribution in [0.15, 0.2) is 39.8 Å². The maximum atomic E-state index is 12.8. The highest BCUT2D eigenvalue weighted by atomic mass is 79.9. The smallest absolute Gasteiger partial charge is 0.404 e. The van der Waals surface area contributed by atoms with E-state index in [0.717, 1.165) is 14.7 Å². The molecule has 2 aromatic rings. The standard InChI is InChI=1S/C13H13BrFN5O3/c1-8-2-10(14)5-16-11(8)19-7-18-20(13(19)23)6-9(3-15)4-17-12(21)22/h2-3,5,7,17H,4,6H2,1H3,(H,21,22)/b9-3-. The largest absolute Gasteiger partial charge is 0.465 e. The predicted molar refractivity (Wildman–Crippen MR) is 83.3 cm³/mol. The van der Waals surface area contributed by atoms with E-state index in [1.54, 1.807) is 19.2 Å². The second-order valence-corrected chi connectivity index (χ2v) is 5.58. The van der Waals surface area contributed by atoms with Crippen molar-refractivity contribution in [2.45, 2.75) is 13.5 Å². The number of nitrogens with one attached hydrogen (secondary N) is 1. The predicted octanol–water partition coefficient (Wildman–Crippen LogP) is 1.62. The zero-order chi connectivity index (χ0) is 17.0. The Hall–Kier alpha value is -2.49. The van der Waals surface area contributed by atoms with Gasteiger partial charge in [-0.05, 0) is 40.1 Å². The van der Waals surface area contributed by atoms with Crippen LogP contribution in [0.25, 0.3) is 5.82 Å². The molecule has 0 aromatic carbocycles. The second-order valence-electron chi connectivity index (χ2n) is 4.66. The van der Waals surface area contributed by atoms with Gasteiger partial charge < -0.3 is 10.4 Å². The van der Waals surface area contributed by atoms with E-state index in [1.807, 2.05) is 5.32 Å². The van der Waals surface area contributed by atoms with E-state index in [1.165, 1.54) is 10.9 Å². The number of halogens is 2. The van der Waals surface area contributed by atoms with Crippen molar-refractivity contribution >= 4 is 22.0 Å². The average Bonchev–Trinajstić information content (AvgIpc) is 2.84. The topological polar surface area (TPSA) is 102 Å². The van der Waals surface area contributed by atoms with Crippen LogP contribution in [-0.2, 0) is 6.54 Å². The van der Waals surface area contributed by atoms with Crippen molar-refractivity contribution < 1.29 is 14.3 Å². The zero-order valence-electron chi connectivity index (χ0n) is 12.0. The Balaban J connectivity index is 2.25. The third-order valence-corrected chi connectivity index (χ3v) is 3.39. The van der Waals surface area contributed by atoms with Crippen LogP contribution in [0, 0.1) is 6.92 Å². The van der Waals surface area contributed by atoms with Gasteiger partial charge in [-0.15, -0.1) is 0 Å². The Kier molecular flexibility index (Phi) is 5.27. The molecule has 122 valence electrons. The number of rotatable bonds is 5. The molecule has 2 rings (SSSR count). The van der Waals surface area contributed by atoms with Crippen LogP contribution >= 0.6 is 15.9 Å². The van der Waals surface area contributed by atoms with Crippen molar-refractivity contribution in [3.8, 4) is 5.82 Å². The molecule has 0 aliphatic rings. The van der Waals surface area contributed by atoms with Crippen LogP contribution < -0.4 is 11.0 Å². The van der Waals surface area contributed by atoms with E-state index in [4.69, 9.17) is 5.11 Å². The molecule has 1 amide bonds. The van der Waals surface area contributed by atoms with Crippen LogP contribution in [0.5, 0.6) is 0 Å². The normalized spacial score (nSPS) is 11.5. The van der Waals surface area contributed by atoms with E-state index in [-0.39, 0.29) is 25.0 Å². The van der Waals surface area contributed by atoms with E-state index >= 15 is 0 Å². The molecule has 0 aliphatic heterocycles. The molecule has 0 fully saturated rings. The molecule has 0 bridgehead atoms. The van der Waals surface area contributed by atoms with Gasteiger partial charge in [-0.2, -0.15) is 5.10 Å². The van der Waals surface area contributed by atoms with Crippen molar-refractivity contribution in [1.29, 1.82) is 0 Å². The molecule has 2 heterocycles. The fraction of sp³-hybridized carbons (Fsp3) is 0.231. The molecule has 0 radical (unpaired) electrons. The van der Waals surface area contributed by atoms with E-state index in [0.29, 0.717) is 5.82 Å². The van der Waals surface area contributed by atoms with Gasteiger partial charge >= 0.3 is 11.8 Å². The minimum atomic E-state index is -1.28. The van der Waals surface area contributed by atoms with Gasteiger partial charge in [-0.3, -0.25) is 0 Å². The number of aryl methyl sites for hydroxylation is 1. The van der Waals surface area contributed by atoms with Crippen LogP contribution in [0.1, 0.15) is 5.56 Å². The highest BCUT2D eigenvalue weighted by molar-refractivity contribution is 9.10. The number of pyridine rings is 1. The third-order valence-electron chi connectivity index (χ3n) is 2.95. The average molecular weight is 386 g/mol. The molecule has 2 aromatic heterocycles. The monoisotopic (exact) mass is 385 g/mol. The number of hydrogen-bond donors (Lipinski definition) is 2. The number of nitrogens with zero attached hydrogens (tertiary/aromatic N) is 4. The van der Waals surface area contributed by atoms with Gasteiger partial charge in [0, 0.05) is 17.2 Å². The van der Waals surface area contributed by atoms with Gasteiger partial charge in [-0.25, -0.2) is 28.2 Å². The van der Waals surface area contributed by atoms with Gasteiger partial charge in [0.1, 0.15) is 12.1 Å². The highest BCUT2D eigenvalue weighted by Crippen LogP contribution is 2.14. The molecule has 10 heteroatoms. The molecular weight excluding hydrogens is 373 g/mol. The Morgan fingerprint density at radius 3 is 2.91 bits per heavy atom. The summed E-state index contributed by atoms with van der Waals surface area (Å²) in [7, 11) is 0. The third kappa shape index (κ3) is 4.03. The first-order valence-corrected chi connectivity index (χ1v) is 7.23. The van der Waals surface area contributed by atoms with Gasteiger partial charge in [0.05, 0.1) is 12.9 Å². The summed E-state index contributed by atoms with van der Waals surface area (Å²) in [6, 6.07) is 1.80. The van der Waals surface area contributed by atoms with Crippen molar-refractivity contribution in [3.63, 3.8) is 0 Å². The van der Waals surface area contributed by atoms with Crippen molar-refractivity contribution in [2.24, 2.45) is 0 Å². The Bertz CT molecular complexity index is 814. The van der Waals surface area contributed by atoms with Crippen molar-refractivity contribution in [3.05, 3.63) is 51.0 Å². The van der Waals surface area contributed by atoms with Crippen molar-refractivity contribution in [2.75, 3.05) is 6.54 Å². The number of aromatic nitrogens is 4. The summed E-state index contributed by atoms with van der Waals surface area (Å²) in [5.74, 6) is 0.416. The summed E-state index contributed by atoms with van der Waals surface area (Å²) in [5.41, 5.74) is 0.327. The van der Waals surface area contributed by atoms with Crippen LogP contribution in [0.3, 0.4) is 0 Å². The summed E-state index contributed by atoms with van der Waals surface area (Å²) in [6.07, 6.45) is 1.81. The minimum Gasteiger partial charge on any atom is -0.465 e. The molecule has 0 unspecified atom stereocenters. The summed E-state index contributed by atoms with van der Waals surface area (Å²) in [5, 5.41) is 14.5. The van der Waals surface area contributed by atoms with Gasteiger partial charge in [-0.1, -0.05) is 0 Å². The number of carboxylic acid groups (broad SMARTS) is 1. The first kappa shape index (κ1) is 16.9. The molecule has 0 saturated carbocycles. The summed E-state index contributed by atoms with van der Waals surface area (Å²) in [4.78, 5) is 26.9. The molecular formula is C13H13BrFN5O3. The molecule has 0 saturated heterocycles. The number of amides is 1. The molecule has 23 heavy (non-hydrogen) atoms. The quantitative estimate of drug-likeness (QED) is 0.813. The number of hydrogen-bond acceptors (Lipinski definition) is 4. The first-order chi connectivity index (χ1) is 10.9. The van der Waals surface area contributed by atoms with Gasteiger partial charge in [0.15, 0.2) is 0 Å². The maximum Gasteiger partial charge on any atom is 0.404 e. The lowest BCUT2D eigenvalue weighted by atomic mass is 10.3. The van der Waals surface area contributed by atoms with Crippen LogP contribution in [-0.4, -0.2) is 37.1 Å². The first-order valence-electron chi connectivity index (χ1n) is 6.44. The fourth-order valence-corrected chi connectivity index (χ4v) is 2.33. The second kappa shape index (κ2) is 7.18. The summed E-state index contributed by atoms with van der Waals surface area (Å²) >= 11 is 3.29. The SMILES string of the molecule is Cc1cc(Br)cnc1-n1cnn(C/C(=C\F)CNC(=O)O)c1=O. The van der Waals surface area contributed by atoms with Gasteiger partial charge in [0.25, 0.3) is 0 Å². The molecule has 0 aliphatic carbocycles. The molecule has 2 N–H and O–H groups in total. The lowest BCUT2D eigenvalue weighted by molar-refractivity contribution is 0.195. The zero-order valence-corrected chi connectivity index (χ0v) is 13.6. The maximum absolute atomic E-state index is 12.8. The van der Waals surface area contributed by atoms with E-state index in [2.05, 4.69) is 26.0 Å².